The van der Waals surface area contributed by atoms with Crippen molar-refractivity contribution in [3.8, 4) is 0 Å². The van der Waals surface area contributed by atoms with Crippen LogP contribution in [-0.4, -0.2) is 52.2 Å². The number of piperazine rings is 1. The van der Waals surface area contributed by atoms with E-state index in [4.69, 9.17) is 11.6 Å². The highest BCUT2D eigenvalue weighted by Crippen LogP contribution is 2.23. The van der Waals surface area contributed by atoms with E-state index in [1.54, 1.807) is 18.5 Å². The van der Waals surface area contributed by atoms with Gasteiger partial charge in [-0.1, -0.05) is 29.4 Å². The molecule has 1 aliphatic heterocycles. The summed E-state index contributed by atoms with van der Waals surface area (Å²) in [4.78, 5) is 25.1. The van der Waals surface area contributed by atoms with Gasteiger partial charge in [0.15, 0.2) is 5.16 Å². The van der Waals surface area contributed by atoms with Crippen LogP contribution in [-0.2, 0) is 4.79 Å². The number of benzene rings is 1. The number of thioether (sulfide) groups is 1. The van der Waals surface area contributed by atoms with Gasteiger partial charge in [0.05, 0.1) is 5.25 Å². The van der Waals surface area contributed by atoms with Crippen LogP contribution < -0.4 is 4.90 Å². The second-order valence-electron chi connectivity index (χ2n) is 5.58. The van der Waals surface area contributed by atoms with E-state index in [0.717, 1.165) is 23.8 Å². The van der Waals surface area contributed by atoms with Gasteiger partial charge in [-0.3, -0.25) is 4.79 Å². The molecule has 3 rings (SSSR count). The Kier molecular flexibility index (Phi) is 5.58. The zero-order chi connectivity index (χ0) is 16.9. The fourth-order valence-electron chi connectivity index (χ4n) is 2.67. The maximum absolute atomic E-state index is 12.6. The van der Waals surface area contributed by atoms with Crippen LogP contribution in [0, 0.1) is 0 Å². The number of carbonyl (C=O) groups is 1. The number of hydrogen-bond donors (Lipinski definition) is 0. The number of aromatic nitrogens is 2. The summed E-state index contributed by atoms with van der Waals surface area (Å²) in [6.45, 7) is 4.96. The molecular formula is C17H19ClN4OS. The van der Waals surface area contributed by atoms with Gasteiger partial charge < -0.3 is 9.80 Å². The first-order valence-electron chi connectivity index (χ1n) is 7.86. The lowest BCUT2D eigenvalue weighted by Crippen LogP contribution is -2.50. The van der Waals surface area contributed by atoms with Gasteiger partial charge in [0, 0.05) is 49.3 Å². The first-order chi connectivity index (χ1) is 11.6. The van der Waals surface area contributed by atoms with Crippen molar-refractivity contribution in [2.24, 2.45) is 0 Å². The Hall–Kier alpha value is -1.79. The molecule has 5 nitrogen and oxygen atoms in total. The monoisotopic (exact) mass is 362 g/mol. The van der Waals surface area contributed by atoms with E-state index >= 15 is 0 Å². The molecule has 2 aromatic rings. The van der Waals surface area contributed by atoms with Crippen molar-refractivity contribution in [2.45, 2.75) is 17.3 Å². The summed E-state index contributed by atoms with van der Waals surface area (Å²) in [7, 11) is 0. The Morgan fingerprint density at radius 1 is 1.17 bits per heavy atom. The fraction of sp³-hybridized carbons (Fsp3) is 0.353. The second kappa shape index (κ2) is 7.85. The zero-order valence-electron chi connectivity index (χ0n) is 13.4. The molecule has 2 heterocycles. The predicted molar refractivity (Wildman–Crippen MR) is 97.6 cm³/mol. The maximum Gasteiger partial charge on any atom is 0.236 e. The first kappa shape index (κ1) is 17.0. The zero-order valence-corrected chi connectivity index (χ0v) is 15.0. The predicted octanol–water partition coefficient (Wildman–Crippen LogP) is 2.96. The topological polar surface area (TPSA) is 49.3 Å². The van der Waals surface area contributed by atoms with Gasteiger partial charge in [0.2, 0.25) is 5.91 Å². The van der Waals surface area contributed by atoms with Gasteiger partial charge in [-0.05, 0) is 31.2 Å². The van der Waals surface area contributed by atoms with Crippen molar-refractivity contribution < 1.29 is 4.79 Å². The summed E-state index contributed by atoms with van der Waals surface area (Å²) in [5, 5.41) is 1.18. The second-order valence-corrected chi connectivity index (χ2v) is 7.33. The molecule has 0 bridgehead atoms. The highest BCUT2D eigenvalue weighted by molar-refractivity contribution is 8.00. The third kappa shape index (κ3) is 4.19. The van der Waals surface area contributed by atoms with Crippen LogP contribution in [0.15, 0.2) is 47.9 Å². The molecule has 0 spiro atoms. The van der Waals surface area contributed by atoms with Crippen LogP contribution in [0.4, 0.5) is 5.69 Å². The van der Waals surface area contributed by atoms with Crippen LogP contribution in [0.2, 0.25) is 5.02 Å². The van der Waals surface area contributed by atoms with E-state index in [9.17, 15) is 4.79 Å². The number of carbonyl (C=O) groups excluding carboxylic acids is 1. The molecule has 1 aliphatic rings. The van der Waals surface area contributed by atoms with Crippen molar-refractivity contribution in [3.05, 3.63) is 47.7 Å². The van der Waals surface area contributed by atoms with Gasteiger partial charge >= 0.3 is 0 Å². The van der Waals surface area contributed by atoms with Gasteiger partial charge in [-0.25, -0.2) is 9.97 Å². The molecular weight excluding hydrogens is 344 g/mol. The summed E-state index contributed by atoms with van der Waals surface area (Å²) in [6.07, 6.45) is 3.38. The number of hydrogen-bond acceptors (Lipinski definition) is 5. The normalized spacial score (nSPS) is 16.1. The quantitative estimate of drug-likeness (QED) is 0.618. The number of halogens is 1. The Morgan fingerprint density at radius 3 is 2.54 bits per heavy atom. The summed E-state index contributed by atoms with van der Waals surface area (Å²) < 4.78 is 0. The van der Waals surface area contributed by atoms with E-state index in [-0.39, 0.29) is 11.2 Å². The molecule has 0 radical (unpaired) electrons. The molecule has 1 aromatic carbocycles. The molecule has 1 aromatic heterocycles. The van der Waals surface area contributed by atoms with Crippen LogP contribution in [0.5, 0.6) is 0 Å². The highest BCUT2D eigenvalue weighted by atomic mass is 35.5. The lowest BCUT2D eigenvalue weighted by atomic mass is 10.2. The highest BCUT2D eigenvalue weighted by Gasteiger charge is 2.26. The average molecular weight is 363 g/mol. The van der Waals surface area contributed by atoms with Crippen molar-refractivity contribution in [3.63, 3.8) is 0 Å². The fourth-order valence-corrected chi connectivity index (χ4v) is 3.66. The van der Waals surface area contributed by atoms with Crippen LogP contribution in [0.1, 0.15) is 6.92 Å². The Morgan fingerprint density at radius 2 is 1.88 bits per heavy atom. The van der Waals surface area contributed by atoms with Gasteiger partial charge in [0.25, 0.3) is 0 Å². The van der Waals surface area contributed by atoms with E-state index in [1.807, 2.05) is 30.0 Å². The number of anilines is 1. The number of amides is 1. The van der Waals surface area contributed by atoms with E-state index in [0.29, 0.717) is 18.2 Å². The Balaban J connectivity index is 1.55. The lowest BCUT2D eigenvalue weighted by Gasteiger charge is -2.37. The SMILES string of the molecule is CC(Sc1ncccn1)C(=O)N1CCN(c2cccc(Cl)c2)CC1. The third-order valence-corrected chi connectivity index (χ3v) is 5.15. The Bertz CT molecular complexity index is 692. The Labute approximate surface area is 151 Å². The molecule has 1 unspecified atom stereocenters. The smallest absolute Gasteiger partial charge is 0.236 e. The van der Waals surface area contributed by atoms with E-state index in [2.05, 4.69) is 20.9 Å². The minimum atomic E-state index is -0.190. The number of nitrogens with zero attached hydrogens (tertiary/aromatic N) is 4. The lowest BCUT2D eigenvalue weighted by molar-refractivity contribution is -0.130. The standard InChI is InChI=1S/C17H19ClN4OS/c1-13(24-17-19-6-3-7-20-17)16(23)22-10-8-21(9-11-22)15-5-2-4-14(18)12-15/h2-7,12-13H,8-11H2,1H3. The summed E-state index contributed by atoms with van der Waals surface area (Å²) in [5.74, 6) is 0.137. The minimum absolute atomic E-state index is 0.137. The van der Waals surface area contributed by atoms with E-state index in [1.165, 1.54) is 11.8 Å². The molecule has 7 heteroatoms. The molecule has 0 saturated carbocycles. The maximum atomic E-state index is 12.6. The first-order valence-corrected chi connectivity index (χ1v) is 9.12. The van der Waals surface area contributed by atoms with Crippen molar-refractivity contribution >= 4 is 35.0 Å². The summed E-state index contributed by atoms with van der Waals surface area (Å²) >= 11 is 7.46. The summed E-state index contributed by atoms with van der Waals surface area (Å²) in [6, 6.07) is 9.60. The molecule has 1 saturated heterocycles. The van der Waals surface area contributed by atoms with Gasteiger partial charge in [-0.2, -0.15) is 0 Å². The van der Waals surface area contributed by atoms with Crippen LogP contribution in [0.25, 0.3) is 0 Å². The van der Waals surface area contributed by atoms with Crippen molar-refractivity contribution in [2.75, 3.05) is 31.1 Å². The molecule has 24 heavy (non-hydrogen) atoms. The van der Waals surface area contributed by atoms with E-state index < -0.39 is 0 Å². The molecule has 0 N–H and O–H groups in total. The molecule has 1 amide bonds. The molecule has 126 valence electrons. The van der Waals surface area contributed by atoms with Crippen LogP contribution in [0.3, 0.4) is 0 Å². The minimum Gasteiger partial charge on any atom is -0.368 e. The van der Waals surface area contributed by atoms with Crippen molar-refractivity contribution in [1.82, 2.24) is 14.9 Å². The van der Waals surface area contributed by atoms with Crippen molar-refractivity contribution in [1.29, 1.82) is 0 Å². The number of rotatable bonds is 4. The van der Waals surface area contributed by atoms with Gasteiger partial charge in [-0.15, -0.1) is 0 Å². The molecule has 1 atom stereocenters. The average Bonchev–Trinajstić information content (AvgIpc) is 2.62. The van der Waals surface area contributed by atoms with Gasteiger partial charge in [0.1, 0.15) is 0 Å². The van der Waals surface area contributed by atoms with Crippen LogP contribution >= 0.6 is 23.4 Å². The third-order valence-electron chi connectivity index (χ3n) is 3.94. The largest absolute Gasteiger partial charge is 0.368 e. The summed E-state index contributed by atoms with van der Waals surface area (Å²) in [5.41, 5.74) is 1.11. The molecule has 0 aliphatic carbocycles. The molecule has 1 fully saturated rings.